The van der Waals surface area contributed by atoms with E-state index in [-0.39, 0.29) is 47.0 Å². The fourth-order valence-electron chi connectivity index (χ4n) is 3.47. The van der Waals surface area contributed by atoms with Crippen LogP contribution in [-0.4, -0.2) is 66.6 Å². The topological polar surface area (TPSA) is 187 Å². The van der Waals surface area contributed by atoms with Gasteiger partial charge in [0.05, 0.1) is 11.7 Å². The van der Waals surface area contributed by atoms with Crippen molar-refractivity contribution in [3.63, 3.8) is 0 Å². The van der Waals surface area contributed by atoms with Crippen molar-refractivity contribution >= 4 is 51.9 Å². The molecule has 2 amide bonds. The van der Waals surface area contributed by atoms with Crippen LogP contribution in [0.25, 0.3) is 0 Å². The van der Waals surface area contributed by atoms with E-state index in [1.807, 2.05) is 0 Å². The molecule has 2 aliphatic rings. The van der Waals surface area contributed by atoms with E-state index in [1.165, 1.54) is 24.0 Å². The van der Waals surface area contributed by atoms with Crippen molar-refractivity contribution in [3.8, 4) is 5.75 Å². The fraction of sp³-hybridized carbons (Fsp3) is 0.316. The zero-order valence-electron chi connectivity index (χ0n) is 17.7. The molecule has 1 saturated heterocycles. The van der Waals surface area contributed by atoms with E-state index in [1.54, 1.807) is 23.8 Å². The number of carboxylic acid groups (broad SMARTS) is 1. The third-order valence-electron chi connectivity index (χ3n) is 4.90. The van der Waals surface area contributed by atoms with E-state index >= 15 is 0 Å². The number of amides is 2. The number of hydrogen-bond donors (Lipinski definition) is 3. The second-order valence-corrected chi connectivity index (χ2v) is 9.04. The molecule has 0 aromatic carbocycles. The van der Waals surface area contributed by atoms with Crippen molar-refractivity contribution in [2.75, 3.05) is 18.1 Å². The predicted molar refractivity (Wildman–Crippen MR) is 118 cm³/mol. The highest BCUT2D eigenvalue weighted by Gasteiger charge is 2.53. The summed E-state index contributed by atoms with van der Waals surface area (Å²) in [4.78, 5) is 47.7. The number of rotatable bonds is 8. The van der Waals surface area contributed by atoms with Crippen molar-refractivity contribution in [2.45, 2.75) is 24.9 Å². The Balaban J connectivity index is 1.53. The molecule has 178 valence electrons. The van der Waals surface area contributed by atoms with Gasteiger partial charge >= 0.3 is 0 Å². The number of nitrogens with zero attached hydrogens (tertiary/aromatic N) is 5. The summed E-state index contributed by atoms with van der Waals surface area (Å²) < 4.78 is 5.55. The molecule has 0 saturated carbocycles. The first-order valence-corrected chi connectivity index (χ1v) is 11.8. The fourth-order valence-corrected chi connectivity index (χ4v) is 5.24. The molecule has 2 aromatic rings. The van der Waals surface area contributed by atoms with E-state index < -0.39 is 29.2 Å². The number of nitrogens with two attached hydrogens (primary N) is 1. The number of nitrogen functional groups attached to an aromatic ring is 1. The minimum Gasteiger partial charge on any atom is -0.543 e. The zero-order valence-corrected chi connectivity index (χ0v) is 19.3. The van der Waals surface area contributed by atoms with E-state index in [0.717, 1.165) is 16.4 Å². The van der Waals surface area contributed by atoms with Crippen LogP contribution in [0.1, 0.15) is 12.7 Å². The molecule has 4 N–H and O–H groups in total. The Morgan fingerprint density at radius 1 is 1.50 bits per heavy atom. The van der Waals surface area contributed by atoms with Crippen molar-refractivity contribution in [3.05, 3.63) is 41.6 Å². The lowest BCUT2D eigenvalue weighted by atomic mass is 10.0. The van der Waals surface area contributed by atoms with Gasteiger partial charge in [0.2, 0.25) is 17.7 Å². The van der Waals surface area contributed by atoms with Gasteiger partial charge in [0.25, 0.3) is 11.8 Å². The van der Waals surface area contributed by atoms with Crippen LogP contribution in [0.5, 0.6) is 5.75 Å². The molecular formula is C19H19N7O6S2. The average Bonchev–Trinajstić information content (AvgIpc) is 3.23. The molecule has 34 heavy (non-hydrogen) atoms. The maximum atomic E-state index is 12.9. The minimum atomic E-state index is -1.50. The number of aromatic nitrogens is 3. The Morgan fingerprint density at radius 2 is 2.29 bits per heavy atom. The van der Waals surface area contributed by atoms with E-state index in [4.69, 9.17) is 10.6 Å². The number of aliphatic carboxylic acids is 1. The van der Waals surface area contributed by atoms with Crippen LogP contribution in [0.3, 0.4) is 0 Å². The summed E-state index contributed by atoms with van der Waals surface area (Å²) in [6.07, 6.45) is 3.10. The third kappa shape index (κ3) is 4.51. The number of carbonyl (C=O) groups excluding carboxylic acids is 3. The van der Waals surface area contributed by atoms with Crippen LogP contribution in [0.2, 0.25) is 0 Å². The van der Waals surface area contributed by atoms with Gasteiger partial charge in [-0.25, -0.2) is 0 Å². The van der Waals surface area contributed by atoms with Crippen LogP contribution in [0.4, 0.5) is 5.13 Å². The van der Waals surface area contributed by atoms with E-state index in [2.05, 4.69) is 19.8 Å². The van der Waals surface area contributed by atoms with Gasteiger partial charge in [-0.1, -0.05) is 5.16 Å². The highest BCUT2D eigenvalue weighted by atomic mass is 32.2. The smallest absolute Gasteiger partial charge is 0.278 e. The van der Waals surface area contributed by atoms with Gasteiger partial charge in [0.1, 0.15) is 18.0 Å². The number of fused-ring (bicyclic) bond motifs is 1. The molecule has 1 fully saturated rings. The summed E-state index contributed by atoms with van der Waals surface area (Å²) in [5.74, 6) is -2.62. The molecule has 4 heterocycles. The van der Waals surface area contributed by atoms with Gasteiger partial charge in [-0.2, -0.15) is 13.9 Å². The number of nitrogens with one attached hydrogen (secondary N) is 1. The van der Waals surface area contributed by atoms with Crippen LogP contribution in [-0.2, 0) is 25.8 Å². The average molecular weight is 506 g/mol. The summed E-state index contributed by atoms with van der Waals surface area (Å²) in [7, 11) is 0. The van der Waals surface area contributed by atoms with Crippen molar-refractivity contribution in [1.82, 2.24) is 19.6 Å². The first-order chi connectivity index (χ1) is 16.3. The Hall–Kier alpha value is -3.72. The van der Waals surface area contributed by atoms with Gasteiger partial charge in [-0.3, -0.25) is 14.5 Å². The van der Waals surface area contributed by atoms with Gasteiger partial charge in [0, 0.05) is 28.9 Å². The maximum absolute atomic E-state index is 12.9. The molecule has 0 bridgehead atoms. The standard InChI is InChI=1S/C19H19N7O6S2/c1-2-32-23-11(14-22-19(20)34-24-14)15(28)21-12-16(29)26-13(18(30)31)9(8-33-17(12)26)6-25-5-3-4-10(27)7-25/h3-5,7,12,17H,2,6,8H2,1H3,(H4-,20,21,22,24,27,28,30,31)/t12?,17-/m1/s1. The highest BCUT2D eigenvalue weighted by molar-refractivity contribution is 8.00. The number of hydrogen-bond acceptors (Lipinski definition) is 12. The summed E-state index contributed by atoms with van der Waals surface area (Å²) in [6.45, 7) is 2.00. The number of carboxylic acids is 1. The number of carbonyl (C=O) groups is 3. The Morgan fingerprint density at radius 3 is 2.94 bits per heavy atom. The molecule has 15 heteroatoms. The van der Waals surface area contributed by atoms with E-state index in [9.17, 15) is 24.6 Å². The van der Waals surface area contributed by atoms with Crippen LogP contribution in [0, 0.1) is 0 Å². The molecule has 2 aliphatic heterocycles. The molecular weight excluding hydrogens is 486 g/mol. The second-order valence-electron chi connectivity index (χ2n) is 7.15. The number of pyridine rings is 1. The normalized spacial score (nSPS) is 20.0. The monoisotopic (exact) mass is 505 g/mol. The maximum Gasteiger partial charge on any atom is 0.278 e. The SMILES string of the molecule is CCON=C(C(=O)NC1C(=O)N2C(C(=O)[O-])=C(C[n+]3cccc(O)c3)CS[C@H]12)c1nsc(N)n1. The zero-order chi connectivity index (χ0) is 24.4. The van der Waals surface area contributed by atoms with Crippen LogP contribution in [0.15, 0.2) is 41.0 Å². The minimum absolute atomic E-state index is 0.0168. The van der Waals surface area contributed by atoms with Gasteiger partial charge in [-0.05, 0) is 13.0 Å². The second kappa shape index (κ2) is 9.64. The lowest BCUT2D eigenvalue weighted by Crippen LogP contribution is -2.71. The van der Waals surface area contributed by atoms with Crippen LogP contribution < -0.4 is 20.7 Å². The lowest BCUT2D eigenvalue weighted by molar-refractivity contribution is -0.689. The number of thioether (sulfide) groups is 1. The Bertz CT molecular complexity index is 1210. The molecule has 0 radical (unpaired) electrons. The number of aromatic hydroxyl groups is 1. The van der Waals surface area contributed by atoms with Gasteiger partial charge in [0.15, 0.2) is 23.6 Å². The predicted octanol–water partition coefficient (Wildman–Crippen LogP) is -2.04. The molecule has 0 spiro atoms. The molecule has 1 unspecified atom stereocenters. The highest BCUT2D eigenvalue weighted by Crippen LogP contribution is 2.40. The van der Waals surface area contributed by atoms with Crippen molar-refractivity contribution in [1.29, 1.82) is 0 Å². The third-order valence-corrected chi connectivity index (χ3v) is 6.78. The summed E-state index contributed by atoms with van der Waals surface area (Å²) in [5, 5.41) is 27.4. The molecule has 4 rings (SSSR count). The number of anilines is 1. The van der Waals surface area contributed by atoms with Crippen LogP contribution >= 0.6 is 23.3 Å². The quantitative estimate of drug-likeness (QED) is 0.156. The summed E-state index contributed by atoms with van der Waals surface area (Å²) >= 11 is 2.17. The Kier molecular flexibility index (Phi) is 6.65. The molecule has 2 atom stereocenters. The molecule has 0 aliphatic carbocycles. The Labute approximate surface area is 201 Å². The first kappa shape index (κ1) is 23.4. The van der Waals surface area contributed by atoms with Crippen molar-refractivity contribution < 1.29 is 34.0 Å². The number of oxime groups is 1. The largest absolute Gasteiger partial charge is 0.543 e. The molecule has 13 nitrogen and oxygen atoms in total. The van der Waals surface area contributed by atoms with Gasteiger partial charge < -0.3 is 30.9 Å². The summed E-state index contributed by atoms with van der Waals surface area (Å²) in [5.41, 5.74) is 5.53. The van der Waals surface area contributed by atoms with Gasteiger partial charge in [-0.15, -0.1) is 11.8 Å². The number of β-lactam (4-membered cyclic amide) rings is 1. The molecule has 2 aromatic heterocycles. The van der Waals surface area contributed by atoms with E-state index in [0.29, 0.717) is 5.57 Å². The summed E-state index contributed by atoms with van der Waals surface area (Å²) in [6, 6.07) is 2.10. The van der Waals surface area contributed by atoms with Crippen molar-refractivity contribution in [2.24, 2.45) is 5.16 Å². The lowest BCUT2D eigenvalue weighted by Gasteiger charge is -2.50. The first-order valence-electron chi connectivity index (χ1n) is 9.96.